The highest BCUT2D eigenvalue weighted by molar-refractivity contribution is 6.30. The zero-order valence-electron chi connectivity index (χ0n) is 14.4. The van der Waals surface area contributed by atoms with Gasteiger partial charge < -0.3 is 14.8 Å². The molecule has 0 spiro atoms. The third-order valence-corrected chi connectivity index (χ3v) is 3.45. The van der Waals surface area contributed by atoms with E-state index in [-0.39, 0.29) is 31.5 Å². The minimum atomic E-state index is -1.17. The van der Waals surface area contributed by atoms with E-state index in [4.69, 9.17) is 21.1 Å². The second kappa shape index (κ2) is 9.99. The van der Waals surface area contributed by atoms with Crippen LogP contribution in [-0.4, -0.2) is 35.6 Å². The van der Waals surface area contributed by atoms with Gasteiger partial charge in [-0.25, -0.2) is 4.79 Å². The second-order valence-corrected chi connectivity index (χ2v) is 6.11. The Kier molecular flexibility index (Phi) is 8.35. The molecule has 140 valence electrons. The highest BCUT2D eigenvalue weighted by Crippen LogP contribution is 2.21. The summed E-state index contributed by atoms with van der Waals surface area (Å²) in [4.78, 5) is 27.9. The number of amides is 1. The Bertz CT molecular complexity index is 722. The molecule has 0 bridgehead atoms. The zero-order valence-corrected chi connectivity index (χ0v) is 16.0. The largest absolute Gasteiger partial charge is 0.476 e. The number of esters is 1. The number of carbonyl (C=O) groups excluding carboxylic acids is 2. The molecule has 0 saturated heterocycles. The third kappa shape index (κ3) is 6.54. The number of hydrogen-bond donors (Lipinski definition) is 1. The molecule has 0 saturated carbocycles. The van der Waals surface area contributed by atoms with Crippen molar-refractivity contribution in [3.05, 3.63) is 59.4 Å². The second-order valence-electron chi connectivity index (χ2n) is 5.67. The van der Waals surface area contributed by atoms with Crippen LogP contribution >= 0.6 is 24.0 Å². The van der Waals surface area contributed by atoms with Crippen molar-refractivity contribution in [2.75, 3.05) is 13.2 Å². The summed E-state index contributed by atoms with van der Waals surface area (Å²) in [5.74, 6) is -0.349. The number of pyridine rings is 1. The van der Waals surface area contributed by atoms with Crippen LogP contribution < -0.4 is 10.1 Å². The van der Waals surface area contributed by atoms with Crippen LogP contribution in [-0.2, 0) is 9.53 Å². The molecule has 0 aliphatic heterocycles. The predicted molar refractivity (Wildman–Crippen MR) is 101 cm³/mol. The molecule has 1 amide bonds. The van der Waals surface area contributed by atoms with Crippen LogP contribution in [0, 0.1) is 0 Å². The Hall–Kier alpha value is -2.31. The van der Waals surface area contributed by atoms with Gasteiger partial charge in [0.25, 0.3) is 5.91 Å². The fourth-order valence-corrected chi connectivity index (χ4v) is 2.03. The van der Waals surface area contributed by atoms with E-state index in [1.54, 1.807) is 56.3 Å². The topological polar surface area (TPSA) is 77.5 Å². The van der Waals surface area contributed by atoms with Gasteiger partial charge in [0.1, 0.15) is 18.1 Å². The van der Waals surface area contributed by atoms with Gasteiger partial charge in [0.2, 0.25) is 0 Å². The lowest BCUT2D eigenvalue weighted by atomic mass is 10.1. The average Bonchev–Trinajstić information content (AvgIpc) is 2.61. The van der Waals surface area contributed by atoms with Gasteiger partial charge >= 0.3 is 5.97 Å². The van der Waals surface area contributed by atoms with Crippen molar-refractivity contribution in [3.8, 4) is 5.75 Å². The molecular formula is C18H20Cl2N2O4. The molecule has 0 fully saturated rings. The van der Waals surface area contributed by atoms with Crippen molar-refractivity contribution in [1.82, 2.24) is 10.3 Å². The Balaban J connectivity index is 0.00000338. The summed E-state index contributed by atoms with van der Waals surface area (Å²) in [6.45, 7) is 3.43. The molecule has 8 heteroatoms. The van der Waals surface area contributed by atoms with Crippen LogP contribution in [0.4, 0.5) is 0 Å². The SMILES string of the molecule is CC(C)(Oc1ccc(Cl)cc1)C(=O)OCCNC(=O)c1ccccn1.Cl. The van der Waals surface area contributed by atoms with Crippen LogP contribution in [0.2, 0.25) is 5.02 Å². The minimum absolute atomic E-state index is 0. The normalized spacial score (nSPS) is 10.4. The van der Waals surface area contributed by atoms with Crippen LogP contribution in [0.3, 0.4) is 0 Å². The third-order valence-electron chi connectivity index (χ3n) is 3.20. The number of rotatable bonds is 7. The van der Waals surface area contributed by atoms with E-state index in [9.17, 15) is 9.59 Å². The van der Waals surface area contributed by atoms with Gasteiger partial charge in [0, 0.05) is 11.2 Å². The maximum atomic E-state index is 12.2. The molecule has 0 radical (unpaired) electrons. The van der Waals surface area contributed by atoms with Gasteiger partial charge in [-0.1, -0.05) is 17.7 Å². The lowest BCUT2D eigenvalue weighted by Crippen LogP contribution is -2.41. The van der Waals surface area contributed by atoms with Crippen molar-refractivity contribution < 1.29 is 19.1 Å². The lowest BCUT2D eigenvalue weighted by molar-refractivity contribution is -0.159. The number of halogens is 2. The highest BCUT2D eigenvalue weighted by atomic mass is 35.5. The Morgan fingerprint density at radius 2 is 1.85 bits per heavy atom. The van der Waals surface area contributed by atoms with Crippen molar-refractivity contribution in [2.24, 2.45) is 0 Å². The summed E-state index contributed by atoms with van der Waals surface area (Å²) < 4.78 is 10.8. The number of hydrogen-bond acceptors (Lipinski definition) is 5. The van der Waals surface area contributed by atoms with Crippen LogP contribution in [0.1, 0.15) is 24.3 Å². The standard InChI is InChI=1S/C18H19ClN2O4.ClH/c1-18(2,25-14-8-6-13(19)7-9-14)17(23)24-12-11-21-16(22)15-5-3-4-10-20-15;/h3-10H,11-12H2,1-2H3,(H,21,22);1H. The smallest absolute Gasteiger partial charge is 0.349 e. The number of nitrogens with zero attached hydrogens (tertiary/aromatic N) is 1. The van der Waals surface area contributed by atoms with Crippen LogP contribution in [0.15, 0.2) is 48.7 Å². The van der Waals surface area contributed by atoms with E-state index >= 15 is 0 Å². The molecule has 1 aromatic heterocycles. The molecule has 2 aromatic rings. The molecule has 0 aliphatic carbocycles. The number of nitrogens with one attached hydrogen (secondary N) is 1. The highest BCUT2D eigenvalue weighted by Gasteiger charge is 2.31. The minimum Gasteiger partial charge on any atom is -0.476 e. The molecule has 1 N–H and O–H groups in total. The molecule has 0 unspecified atom stereocenters. The number of benzene rings is 1. The summed E-state index contributed by atoms with van der Waals surface area (Å²) in [5.41, 5.74) is -0.862. The Morgan fingerprint density at radius 3 is 2.46 bits per heavy atom. The molecule has 0 aliphatic rings. The number of ether oxygens (including phenoxy) is 2. The van der Waals surface area contributed by atoms with Crippen molar-refractivity contribution >= 4 is 35.9 Å². The zero-order chi connectivity index (χ0) is 18.3. The van der Waals surface area contributed by atoms with E-state index < -0.39 is 11.6 Å². The summed E-state index contributed by atoms with van der Waals surface area (Å²) in [6.07, 6.45) is 1.53. The van der Waals surface area contributed by atoms with E-state index in [1.807, 2.05) is 0 Å². The summed E-state index contributed by atoms with van der Waals surface area (Å²) in [5, 5.41) is 3.21. The van der Waals surface area contributed by atoms with E-state index in [1.165, 1.54) is 6.20 Å². The van der Waals surface area contributed by atoms with E-state index in [2.05, 4.69) is 10.3 Å². The van der Waals surface area contributed by atoms with Gasteiger partial charge in [-0.2, -0.15) is 0 Å². The molecule has 26 heavy (non-hydrogen) atoms. The fourth-order valence-electron chi connectivity index (χ4n) is 1.91. The fraction of sp³-hybridized carbons (Fsp3) is 0.278. The lowest BCUT2D eigenvalue weighted by Gasteiger charge is -2.24. The van der Waals surface area contributed by atoms with Crippen molar-refractivity contribution in [3.63, 3.8) is 0 Å². The van der Waals surface area contributed by atoms with Crippen LogP contribution in [0.5, 0.6) is 5.75 Å². The summed E-state index contributed by atoms with van der Waals surface area (Å²) >= 11 is 5.81. The molecule has 6 nitrogen and oxygen atoms in total. The van der Waals surface area contributed by atoms with E-state index in [0.29, 0.717) is 16.5 Å². The average molecular weight is 399 g/mol. The van der Waals surface area contributed by atoms with Gasteiger partial charge in [-0.15, -0.1) is 12.4 Å². The van der Waals surface area contributed by atoms with Gasteiger partial charge in [0.15, 0.2) is 5.60 Å². The van der Waals surface area contributed by atoms with Crippen molar-refractivity contribution in [2.45, 2.75) is 19.4 Å². The van der Waals surface area contributed by atoms with Crippen LogP contribution in [0.25, 0.3) is 0 Å². The summed E-state index contributed by atoms with van der Waals surface area (Å²) in [6, 6.07) is 11.7. The van der Waals surface area contributed by atoms with Gasteiger partial charge in [-0.3, -0.25) is 9.78 Å². The van der Waals surface area contributed by atoms with Gasteiger partial charge in [0.05, 0.1) is 6.54 Å². The Labute approximate surface area is 163 Å². The monoisotopic (exact) mass is 398 g/mol. The first-order valence-electron chi connectivity index (χ1n) is 7.69. The quantitative estimate of drug-likeness (QED) is 0.571. The predicted octanol–water partition coefficient (Wildman–Crippen LogP) is 3.29. The maximum Gasteiger partial charge on any atom is 0.349 e. The molecule has 1 aromatic carbocycles. The van der Waals surface area contributed by atoms with Gasteiger partial charge in [-0.05, 0) is 50.2 Å². The first-order chi connectivity index (χ1) is 11.9. The van der Waals surface area contributed by atoms with Crippen molar-refractivity contribution in [1.29, 1.82) is 0 Å². The summed E-state index contributed by atoms with van der Waals surface area (Å²) in [7, 11) is 0. The number of aromatic nitrogens is 1. The molecular weight excluding hydrogens is 379 g/mol. The molecule has 0 atom stereocenters. The first-order valence-corrected chi connectivity index (χ1v) is 8.07. The maximum absolute atomic E-state index is 12.2. The molecule has 1 heterocycles. The Morgan fingerprint density at radius 1 is 1.15 bits per heavy atom. The molecule has 2 rings (SSSR count). The number of carbonyl (C=O) groups is 2. The first kappa shape index (κ1) is 21.7. The van der Waals surface area contributed by atoms with E-state index in [0.717, 1.165) is 0 Å².